The standard InChI is InChI=1S/C31H40FN3O4.C21H23FN2O2.C4H6O3.C2H4O3.C2H3O.BO.Na/c1-31(2,3)39-29(36)33-16-13-25(14-17-33)35-20-23(27-12-11-24(32)19-28(27)35)18-26-10-7-15-34(26)30(37)38-21-22-8-5-4-6-9-22;22-17-8-9-19-16(13-23-20(19)12-17)11-18-7-4-10-24(18)21(25)26-14-15-5-2-1-3-6-15;1-3(5)7-4(2)6;1-2(3)5-4;1-2-3;1-2;/h4-6,8-9,11-12,19,23,25-26H,7,10,13-18,20-21H2,1-3H3;1-3,5-6,8-9,12,16,18,23H,4,7,10-11,13-14H2;1-2H3;4H,1H3;1H3;;/q;;;;-1;;+1/t23?,26-;16?,18-;;;;;/m00...../s1. The maximum absolute atomic E-state index is 14.4. The van der Waals surface area contributed by atoms with Crippen LogP contribution in [0.5, 0.6) is 0 Å². The van der Waals surface area contributed by atoms with Crippen LogP contribution >= 0.6 is 0 Å². The molecule has 83 heavy (non-hydrogen) atoms. The summed E-state index contributed by atoms with van der Waals surface area (Å²) in [6.45, 7) is 15.3. The number of nitrogens with one attached hydrogen (secondary N) is 1. The zero-order valence-corrected chi connectivity index (χ0v) is 50.8. The fraction of sp³-hybridized carbons (Fsp3) is 0.483. The Morgan fingerprint density at radius 2 is 1.12 bits per heavy atom. The van der Waals surface area contributed by atoms with Crippen molar-refractivity contribution in [2.75, 3.05) is 49.5 Å². The number of likely N-dealkylation sites (tertiary alicyclic amines) is 3. The van der Waals surface area contributed by atoms with Gasteiger partial charge in [-0.2, -0.15) is 12.2 Å². The molecule has 443 valence electrons. The number of halogens is 2. The summed E-state index contributed by atoms with van der Waals surface area (Å²) < 4.78 is 56.2. The largest absolute Gasteiger partial charge is 1.00 e. The molecule has 0 saturated carbocycles. The molecule has 2 N–H and O–H groups in total. The summed E-state index contributed by atoms with van der Waals surface area (Å²) in [7, 11) is 3.25. The molecule has 5 heterocycles. The molecular formula is C60H76BF2N5NaO14. The van der Waals surface area contributed by atoms with E-state index in [-0.39, 0.29) is 90.1 Å². The van der Waals surface area contributed by atoms with Crippen LogP contribution in [0.25, 0.3) is 0 Å². The molecule has 5 aliphatic heterocycles. The molecule has 0 spiro atoms. The van der Waals surface area contributed by atoms with Gasteiger partial charge in [0.05, 0.1) is 0 Å². The number of fused-ring (bicyclic) bond motifs is 2. The zero-order valence-electron chi connectivity index (χ0n) is 48.8. The molecule has 3 amide bonds. The van der Waals surface area contributed by atoms with Gasteiger partial charge in [0, 0.05) is 101 Å². The summed E-state index contributed by atoms with van der Waals surface area (Å²) in [4.78, 5) is 86.7. The van der Waals surface area contributed by atoms with E-state index in [1.165, 1.54) is 33.1 Å². The number of carbonyl (C=O) groups excluding carboxylic acids is 7. The number of benzene rings is 4. The fourth-order valence-corrected chi connectivity index (χ4v) is 10.5. The first-order chi connectivity index (χ1) is 39.2. The predicted molar refractivity (Wildman–Crippen MR) is 302 cm³/mol. The maximum Gasteiger partial charge on any atom is 1.00 e. The summed E-state index contributed by atoms with van der Waals surface area (Å²) >= 11 is 0. The van der Waals surface area contributed by atoms with Crippen molar-refractivity contribution in [3.05, 3.63) is 131 Å². The molecule has 2 unspecified atom stereocenters. The van der Waals surface area contributed by atoms with Gasteiger partial charge < -0.3 is 53.5 Å². The summed E-state index contributed by atoms with van der Waals surface area (Å²) in [5.41, 5.74) is 5.58. The topological polar surface area (TPSA) is 228 Å². The molecule has 0 bridgehead atoms. The fourth-order valence-electron chi connectivity index (χ4n) is 10.5. The third-order valence-corrected chi connectivity index (χ3v) is 13.9. The van der Waals surface area contributed by atoms with E-state index in [0.717, 1.165) is 112 Å². The Morgan fingerprint density at radius 3 is 1.57 bits per heavy atom. The van der Waals surface area contributed by atoms with Gasteiger partial charge in [-0.3, -0.25) is 15.9 Å². The summed E-state index contributed by atoms with van der Waals surface area (Å²) in [5.74, 6) is -1.76. The second-order valence-electron chi connectivity index (χ2n) is 21.0. The Kier molecular flexibility index (Phi) is 30.6. The molecule has 4 aromatic carbocycles. The van der Waals surface area contributed by atoms with Gasteiger partial charge in [-0.05, 0) is 119 Å². The van der Waals surface area contributed by atoms with Crippen LogP contribution in [-0.2, 0) is 60.9 Å². The molecule has 23 heteroatoms. The van der Waals surface area contributed by atoms with Gasteiger partial charge in [0.2, 0.25) is 0 Å². The van der Waals surface area contributed by atoms with Crippen LogP contribution in [0.3, 0.4) is 0 Å². The average molecular weight is 1160 g/mol. The van der Waals surface area contributed by atoms with Crippen molar-refractivity contribution in [1.29, 1.82) is 0 Å². The van der Waals surface area contributed by atoms with Crippen molar-refractivity contribution in [3.63, 3.8) is 0 Å². The number of nitrogens with zero attached hydrogens (tertiary/aromatic N) is 4. The Balaban J connectivity index is 0.000000351. The second-order valence-corrected chi connectivity index (χ2v) is 21.0. The van der Waals surface area contributed by atoms with Crippen LogP contribution in [0, 0.1) is 11.6 Å². The van der Waals surface area contributed by atoms with E-state index >= 15 is 0 Å². The molecule has 9 rings (SSSR count). The normalized spacial score (nSPS) is 18.1. The predicted octanol–water partition coefficient (Wildman–Crippen LogP) is 7.59. The Labute approximate surface area is 508 Å². The van der Waals surface area contributed by atoms with Crippen LogP contribution in [0.15, 0.2) is 97.1 Å². The second kappa shape index (κ2) is 36.1. The Hall–Kier alpha value is -6.75. The minimum atomic E-state index is -0.690. The molecule has 19 nitrogen and oxygen atoms in total. The minimum Gasteiger partial charge on any atom is 1.00 e. The van der Waals surface area contributed by atoms with E-state index < -0.39 is 23.5 Å². The van der Waals surface area contributed by atoms with Crippen LogP contribution < -0.4 is 39.8 Å². The number of esters is 2. The number of ether oxygens (including phenoxy) is 4. The monoisotopic (exact) mass is 1160 g/mol. The molecule has 0 aromatic heterocycles. The summed E-state index contributed by atoms with van der Waals surface area (Å²) in [6.07, 6.45) is 7.96. The van der Waals surface area contributed by atoms with E-state index in [9.17, 15) is 37.5 Å². The van der Waals surface area contributed by atoms with E-state index in [0.29, 0.717) is 32.2 Å². The van der Waals surface area contributed by atoms with Crippen molar-refractivity contribution in [2.45, 2.75) is 149 Å². The molecule has 0 aliphatic carbocycles. The molecule has 1 radical (unpaired) electrons. The zero-order chi connectivity index (χ0) is 60.4. The molecular weight excluding hydrogens is 1090 g/mol. The van der Waals surface area contributed by atoms with Crippen molar-refractivity contribution >= 4 is 61.6 Å². The molecule has 4 atom stereocenters. The quantitative estimate of drug-likeness (QED) is 0.0313. The van der Waals surface area contributed by atoms with Gasteiger partial charge in [0.1, 0.15) is 30.4 Å². The van der Waals surface area contributed by atoms with E-state index in [1.54, 1.807) is 23.1 Å². The number of carbonyl (C=O) groups is 6. The summed E-state index contributed by atoms with van der Waals surface area (Å²) in [5, 5.41) is 10.6. The van der Waals surface area contributed by atoms with E-state index in [2.05, 4.69) is 27.6 Å². The van der Waals surface area contributed by atoms with Gasteiger partial charge in [-0.1, -0.05) is 72.8 Å². The number of piperidine rings is 1. The number of hydrogen-bond acceptors (Lipinski definition) is 16. The van der Waals surface area contributed by atoms with E-state index in [1.807, 2.05) is 103 Å². The van der Waals surface area contributed by atoms with Crippen molar-refractivity contribution in [2.24, 2.45) is 0 Å². The van der Waals surface area contributed by atoms with Crippen LogP contribution in [0.2, 0.25) is 0 Å². The van der Waals surface area contributed by atoms with Gasteiger partial charge in [-0.15, -0.1) is 0 Å². The Bertz CT molecular complexity index is 2690. The summed E-state index contributed by atoms with van der Waals surface area (Å²) in [6, 6.07) is 30.0. The minimum absolute atomic E-state index is 0. The van der Waals surface area contributed by atoms with Crippen molar-refractivity contribution in [3.8, 4) is 0 Å². The van der Waals surface area contributed by atoms with Gasteiger partial charge in [0.25, 0.3) is 0 Å². The molecule has 3 saturated heterocycles. The maximum atomic E-state index is 14.4. The number of rotatable bonds is 9. The first-order valence-electron chi connectivity index (χ1n) is 27.2. The van der Waals surface area contributed by atoms with Crippen LogP contribution in [-0.4, -0.2) is 133 Å². The molecule has 3 fully saturated rings. The SMILES string of the molecule is CC(=O)OC(C)=O.CC(=O)OO.CC(C)(C)OC(=O)N1CCC(N2CC(C[C@@H]3CCCN3C(=O)OCc3ccccc3)c3ccc(F)cc32)CC1.C[C-]=O.O=C(OCc1ccccc1)N1CCC[C@H]1CC1CNc2cc(F)ccc21.[B]=O.[Na+]. The molecule has 5 aliphatic rings. The van der Waals surface area contributed by atoms with Crippen molar-refractivity contribution in [1.82, 2.24) is 14.7 Å². The van der Waals surface area contributed by atoms with Gasteiger partial charge in [0.15, 0.2) is 0 Å². The third-order valence-electron chi connectivity index (χ3n) is 13.9. The van der Waals surface area contributed by atoms with E-state index in [4.69, 9.17) is 29.0 Å². The molecule has 4 aromatic rings. The van der Waals surface area contributed by atoms with Crippen molar-refractivity contribution < 1.29 is 106 Å². The average Bonchev–Trinajstić information content (AvgIpc) is 4.14. The third kappa shape index (κ3) is 23.4. The number of amides is 3. The first kappa shape index (κ1) is 70.5. The number of hydrogen-bond donors (Lipinski definition) is 2. The van der Waals surface area contributed by atoms with Crippen LogP contribution in [0.4, 0.5) is 34.5 Å². The van der Waals surface area contributed by atoms with Gasteiger partial charge in [-0.25, -0.2) is 28.0 Å². The van der Waals surface area contributed by atoms with Gasteiger partial charge >= 0.3 is 78.2 Å². The smallest absolute Gasteiger partial charge is 1.00 e. The Morgan fingerprint density at radius 1 is 0.663 bits per heavy atom. The first-order valence-corrected chi connectivity index (χ1v) is 27.2. The van der Waals surface area contributed by atoms with Crippen LogP contribution in [0.1, 0.15) is 134 Å². The number of anilines is 2.